The van der Waals surface area contributed by atoms with E-state index in [1.165, 1.54) is 5.56 Å². The Labute approximate surface area is 116 Å². The topological polar surface area (TPSA) is 40.5 Å². The van der Waals surface area contributed by atoms with Crippen molar-refractivity contribution >= 4 is 17.2 Å². The Balaban J connectivity index is 1.88. The Morgan fingerprint density at radius 3 is 2.79 bits per heavy atom. The van der Waals surface area contributed by atoms with Gasteiger partial charge in [-0.15, -0.1) is 11.3 Å². The molecule has 1 aliphatic rings. The average Bonchev–Trinajstić information content (AvgIpc) is 3.06. The number of fused-ring (bicyclic) bond motifs is 1. The quantitative estimate of drug-likeness (QED) is 0.914. The van der Waals surface area contributed by atoms with Crippen LogP contribution in [0.5, 0.6) is 0 Å². The van der Waals surface area contributed by atoms with Gasteiger partial charge in [0.25, 0.3) is 0 Å². The summed E-state index contributed by atoms with van der Waals surface area (Å²) in [7, 11) is 0. The van der Waals surface area contributed by atoms with Crippen molar-refractivity contribution in [1.82, 2.24) is 4.90 Å². The number of aliphatic hydroxyl groups is 1. The summed E-state index contributed by atoms with van der Waals surface area (Å²) < 4.78 is 0. The molecule has 0 aliphatic carbocycles. The highest BCUT2D eigenvalue weighted by Crippen LogP contribution is 2.30. The van der Waals surface area contributed by atoms with Gasteiger partial charge in [-0.3, -0.25) is 4.79 Å². The normalized spacial score (nSPS) is 15.4. The van der Waals surface area contributed by atoms with Crippen LogP contribution in [0.4, 0.5) is 0 Å². The summed E-state index contributed by atoms with van der Waals surface area (Å²) >= 11 is 1.55. The number of nitrogens with zero attached hydrogens (tertiary/aromatic N) is 1. The van der Waals surface area contributed by atoms with Crippen molar-refractivity contribution in [2.45, 2.75) is 26.1 Å². The second kappa shape index (κ2) is 4.79. The Hall–Kier alpha value is -1.65. The number of aliphatic hydroxyl groups excluding tert-OH is 1. The second-order valence-corrected chi connectivity index (χ2v) is 5.80. The SMILES string of the molecule is CC(=O)N1Cc2ccc(C(O)c3cccs3)cc2C1. The molecule has 0 saturated heterocycles. The molecule has 0 saturated carbocycles. The van der Waals surface area contributed by atoms with E-state index in [0.29, 0.717) is 13.1 Å². The van der Waals surface area contributed by atoms with E-state index in [0.717, 1.165) is 16.0 Å². The van der Waals surface area contributed by atoms with E-state index < -0.39 is 6.10 Å². The van der Waals surface area contributed by atoms with Crippen molar-refractivity contribution in [1.29, 1.82) is 0 Å². The molecule has 98 valence electrons. The number of carbonyl (C=O) groups excluding carboxylic acids is 1. The monoisotopic (exact) mass is 273 g/mol. The molecule has 4 heteroatoms. The molecule has 2 aromatic rings. The molecule has 3 rings (SSSR count). The third-order valence-electron chi connectivity index (χ3n) is 3.53. The van der Waals surface area contributed by atoms with Crippen molar-refractivity contribution in [2.75, 3.05) is 0 Å². The Morgan fingerprint density at radius 1 is 1.32 bits per heavy atom. The van der Waals surface area contributed by atoms with E-state index in [1.807, 2.05) is 40.6 Å². The fourth-order valence-electron chi connectivity index (χ4n) is 2.42. The average molecular weight is 273 g/mol. The second-order valence-electron chi connectivity index (χ2n) is 4.82. The minimum Gasteiger partial charge on any atom is -0.383 e. The van der Waals surface area contributed by atoms with Gasteiger partial charge < -0.3 is 10.0 Å². The summed E-state index contributed by atoms with van der Waals surface area (Å²) in [4.78, 5) is 14.2. The van der Waals surface area contributed by atoms with Crippen LogP contribution in [0, 0.1) is 0 Å². The highest BCUT2D eigenvalue weighted by molar-refractivity contribution is 7.10. The lowest BCUT2D eigenvalue weighted by Gasteiger charge is -2.11. The zero-order valence-electron chi connectivity index (χ0n) is 10.7. The summed E-state index contributed by atoms with van der Waals surface area (Å²) in [6.45, 7) is 2.92. The summed E-state index contributed by atoms with van der Waals surface area (Å²) in [6.07, 6.45) is -0.573. The zero-order chi connectivity index (χ0) is 13.4. The van der Waals surface area contributed by atoms with Crippen LogP contribution in [-0.4, -0.2) is 15.9 Å². The summed E-state index contributed by atoms with van der Waals surface area (Å²) in [5.74, 6) is 0.0940. The Kier molecular flexibility index (Phi) is 3.12. The lowest BCUT2D eigenvalue weighted by Crippen LogP contribution is -2.21. The zero-order valence-corrected chi connectivity index (χ0v) is 11.5. The van der Waals surface area contributed by atoms with Gasteiger partial charge >= 0.3 is 0 Å². The third kappa shape index (κ3) is 2.29. The molecular weight excluding hydrogens is 258 g/mol. The molecule has 1 aliphatic heterocycles. The lowest BCUT2D eigenvalue weighted by atomic mass is 10.0. The highest BCUT2D eigenvalue weighted by atomic mass is 32.1. The maximum atomic E-state index is 11.4. The van der Waals surface area contributed by atoms with Crippen molar-refractivity contribution in [3.05, 3.63) is 57.3 Å². The first-order valence-electron chi connectivity index (χ1n) is 6.24. The molecule has 2 heterocycles. The molecule has 3 nitrogen and oxygen atoms in total. The molecule has 1 aromatic carbocycles. The van der Waals surface area contributed by atoms with Crippen LogP contribution in [0.25, 0.3) is 0 Å². The molecule has 0 fully saturated rings. The van der Waals surface area contributed by atoms with Crippen molar-refractivity contribution in [3.63, 3.8) is 0 Å². The predicted molar refractivity (Wildman–Crippen MR) is 74.8 cm³/mol. The van der Waals surface area contributed by atoms with Crippen LogP contribution in [0.2, 0.25) is 0 Å². The minimum absolute atomic E-state index is 0.0940. The van der Waals surface area contributed by atoms with Crippen LogP contribution >= 0.6 is 11.3 Å². The molecule has 1 N–H and O–H groups in total. The van der Waals surface area contributed by atoms with Crippen LogP contribution in [0.15, 0.2) is 35.7 Å². The van der Waals surface area contributed by atoms with Crippen molar-refractivity contribution in [2.24, 2.45) is 0 Å². The standard InChI is InChI=1S/C15H15NO2S/c1-10(17)16-8-12-5-4-11(7-13(12)9-16)15(18)14-3-2-6-19-14/h2-7,15,18H,8-9H2,1H3. The fraction of sp³-hybridized carbons (Fsp3) is 0.267. The van der Waals surface area contributed by atoms with Gasteiger partial charge in [0, 0.05) is 24.9 Å². The molecule has 1 aromatic heterocycles. The lowest BCUT2D eigenvalue weighted by molar-refractivity contribution is -0.129. The van der Waals surface area contributed by atoms with Crippen molar-refractivity contribution in [3.8, 4) is 0 Å². The number of hydrogen-bond donors (Lipinski definition) is 1. The van der Waals surface area contributed by atoms with Gasteiger partial charge in [-0.2, -0.15) is 0 Å². The smallest absolute Gasteiger partial charge is 0.220 e. The minimum atomic E-state index is -0.573. The molecule has 1 unspecified atom stereocenters. The van der Waals surface area contributed by atoms with E-state index >= 15 is 0 Å². The van der Waals surface area contributed by atoms with Gasteiger partial charge in [-0.25, -0.2) is 0 Å². The van der Waals surface area contributed by atoms with E-state index in [2.05, 4.69) is 0 Å². The summed E-state index contributed by atoms with van der Waals surface area (Å²) in [5, 5.41) is 12.3. The maximum Gasteiger partial charge on any atom is 0.220 e. The highest BCUT2D eigenvalue weighted by Gasteiger charge is 2.22. The summed E-state index contributed by atoms with van der Waals surface area (Å²) in [5.41, 5.74) is 3.22. The van der Waals surface area contributed by atoms with E-state index in [4.69, 9.17) is 0 Å². The fourth-order valence-corrected chi connectivity index (χ4v) is 3.15. The molecule has 0 spiro atoms. The van der Waals surface area contributed by atoms with Gasteiger partial charge in [-0.05, 0) is 28.1 Å². The first-order chi connectivity index (χ1) is 9.15. The number of thiophene rings is 1. The van der Waals surface area contributed by atoms with Crippen LogP contribution in [-0.2, 0) is 17.9 Å². The number of benzene rings is 1. The van der Waals surface area contributed by atoms with Gasteiger partial charge in [0.1, 0.15) is 6.10 Å². The summed E-state index contributed by atoms with van der Waals surface area (Å²) in [6, 6.07) is 9.86. The van der Waals surface area contributed by atoms with E-state index in [1.54, 1.807) is 18.3 Å². The Bertz CT molecular complexity index is 607. The predicted octanol–water partition coefficient (Wildman–Crippen LogP) is 2.69. The van der Waals surface area contributed by atoms with Crippen LogP contribution < -0.4 is 0 Å². The molecule has 19 heavy (non-hydrogen) atoms. The molecule has 0 bridgehead atoms. The van der Waals surface area contributed by atoms with Gasteiger partial charge in [-0.1, -0.05) is 24.3 Å². The van der Waals surface area contributed by atoms with E-state index in [-0.39, 0.29) is 5.91 Å². The van der Waals surface area contributed by atoms with E-state index in [9.17, 15) is 9.90 Å². The Morgan fingerprint density at radius 2 is 2.11 bits per heavy atom. The number of amides is 1. The number of carbonyl (C=O) groups is 1. The largest absolute Gasteiger partial charge is 0.383 e. The maximum absolute atomic E-state index is 11.4. The third-order valence-corrected chi connectivity index (χ3v) is 4.45. The van der Waals surface area contributed by atoms with Gasteiger partial charge in [0.15, 0.2) is 0 Å². The van der Waals surface area contributed by atoms with Gasteiger partial charge in [0.2, 0.25) is 5.91 Å². The van der Waals surface area contributed by atoms with Gasteiger partial charge in [0.05, 0.1) is 0 Å². The van der Waals surface area contributed by atoms with Crippen LogP contribution in [0.1, 0.15) is 34.6 Å². The van der Waals surface area contributed by atoms with Crippen molar-refractivity contribution < 1.29 is 9.90 Å². The van der Waals surface area contributed by atoms with Crippen LogP contribution in [0.3, 0.4) is 0 Å². The first kappa shape index (κ1) is 12.4. The molecule has 0 radical (unpaired) electrons. The molecule has 1 amide bonds. The molecule has 1 atom stereocenters. The number of hydrogen-bond acceptors (Lipinski definition) is 3. The molecular formula is C15H15NO2S. The first-order valence-corrected chi connectivity index (χ1v) is 7.12. The number of rotatable bonds is 2.